The third-order valence-corrected chi connectivity index (χ3v) is 0.972. The second-order valence-electron chi connectivity index (χ2n) is 1.64. The van der Waals surface area contributed by atoms with Crippen molar-refractivity contribution in [2.75, 3.05) is 0 Å². The highest BCUT2D eigenvalue weighted by Gasteiger charge is 1.79. The third kappa shape index (κ3) is 1.68. The summed E-state index contributed by atoms with van der Waals surface area (Å²) >= 11 is 0. The summed E-state index contributed by atoms with van der Waals surface area (Å²) in [5, 5.41) is 7.46. The van der Waals surface area contributed by atoms with Gasteiger partial charge in [0.2, 0.25) is 0 Å². The molecule has 0 aliphatic heterocycles. The summed E-state index contributed by atoms with van der Waals surface area (Å²) < 4.78 is 0. The van der Waals surface area contributed by atoms with E-state index in [1.165, 1.54) is 0 Å². The average Bonchev–Trinajstić information content (AvgIpc) is 1.91. The predicted octanol–water partition coefficient (Wildman–Crippen LogP) is 1.32. The van der Waals surface area contributed by atoms with E-state index in [4.69, 9.17) is 0 Å². The first kappa shape index (κ1) is 6.01. The molecule has 0 radical (unpaired) electrons. The second-order valence-corrected chi connectivity index (χ2v) is 1.64. The van der Waals surface area contributed by atoms with Gasteiger partial charge in [-0.1, -0.05) is 18.2 Å². The summed E-state index contributed by atoms with van der Waals surface area (Å²) in [6.45, 7) is 0. The monoisotopic (exact) mass is 118 g/mol. The maximum absolute atomic E-state index is 3.83. The molecular formula is C6H7BN2. The Bertz CT molecular complexity index is 195. The predicted molar refractivity (Wildman–Crippen MR) is 39.5 cm³/mol. The highest BCUT2D eigenvalue weighted by Crippen LogP contribution is 2.08. The molecule has 0 saturated carbocycles. The molecule has 1 aromatic carbocycles. The molecule has 0 saturated heterocycles. The van der Waals surface area contributed by atoms with Crippen molar-refractivity contribution in [3.05, 3.63) is 30.3 Å². The normalized spacial score (nSPS) is 10.2. The molecule has 0 aromatic heterocycles. The molecule has 0 unspecified atom stereocenters. The van der Waals surface area contributed by atoms with Crippen LogP contribution in [0.25, 0.3) is 0 Å². The molecule has 0 aliphatic rings. The lowest BCUT2D eigenvalue weighted by atomic mass is 10.3. The number of nitrogens with zero attached hydrogens (tertiary/aromatic N) is 2. The molecular weight excluding hydrogens is 111 g/mol. The largest absolute Gasteiger partial charge is 0.273 e. The Hall–Kier alpha value is -1.12. The Kier molecular flexibility index (Phi) is 2.02. The van der Waals surface area contributed by atoms with Crippen LogP contribution < -0.4 is 0 Å². The van der Waals surface area contributed by atoms with Crippen molar-refractivity contribution in [3.63, 3.8) is 0 Å². The van der Waals surface area contributed by atoms with E-state index in [9.17, 15) is 0 Å². The van der Waals surface area contributed by atoms with Crippen LogP contribution >= 0.6 is 0 Å². The van der Waals surface area contributed by atoms with Crippen LogP contribution in [0.1, 0.15) is 0 Å². The summed E-state index contributed by atoms with van der Waals surface area (Å²) in [4.78, 5) is 0. The van der Waals surface area contributed by atoms with Crippen molar-refractivity contribution in [1.82, 2.24) is 0 Å². The van der Waals surface area contributed by atoms with Gasteiger partial charge < -0.3 is 0 Å². The Balaban J connectivity index is 2.85. The Morgan fingerprint density at radius 3 is 2.33 bits per heavy atom. The van der Waals surface area contributed by atoms with E-state index in [-0.39, 0.29) is 0 Å². The number of hydrogen-bond donors (Lipinski definition) is 0. The van der Waals surface area contributed by atoms with E-state index in [0.29, 0.717) is 0 Å². The average molecular weight is 118 g/mol. The molecule has 0 bridgehead atoms. The van der Waals surface area contributed by atoms with Gasteiger partial charge in [-0.2, -0.15) is 5.11 Å². The summed E-state index contributed by atoms with van der Waals surface area (Å²) in [5.41, 5.74) is 0.903. The van der Waals surface area contributed by atoms with Crippen LogP contribution in [0.3, 0.4) is 0 Å². The second kappa shape index (κ2) is 3.02. The van der Waals surface area contributed by atoms with E-state index in [2.05, 4.69) is 10.1 Å². The number of benzene rings is 1. The van der Waals surface area contributed by atoms with E-state index >= 15 is 0 Å². The quantitative estimate of drug-likeness (QED) is 0.392. The van der Waals surface area contributed by atoms with Crippen LogP contribution in [0, 0.1) is 0 Å². The number of rotatable bonds is 1. The zero-order valence-corrected chi connectivity index (χ0v) is 5.28. The van der Waals surface area contributed by atoms with Crippen LogP contribution in [0.15, 0.2) is 40.5 Å². The van der Waals surface area contributed by atoms with E-state index in [1.54, 1.807) is 7.98 Å². The molecule has 1 aromatic rings. The zero-order valence-electron chi connectivity index (χ0n) is 5.28. The molecule has 1 rings (SSSR count). The van der Waals surface area contributed by atoms with Crippen LogP contribution in [-0.2, 0) is 0 Å². The highest BCUT2D eigenvalue weighted by atomic mass is 15.0. The summed E-state index contributed by atoms with van der Waals surface area (Å²) in [6, 6.07) is 9.64. The molecule has 2 nitrogen and oxygen atoms in total. The minimum Gasteiger partial charge on any atom is -0.263 e. The maximum atomic E-state index is 3.83. The van der Waals surface area contributed by atoms with Gasteiger partial charge in [0.05, 0.1) is 5.69 Å². The molecule has 0 spiro atoms. The van der Waals surface area contributed by atoms with E-state index < -0.39 is 0 Å². The maximum Gasteiger partial charge on any atom is 0.273 e. The lowest BCUT2D eigenvalue weighted by Gasteiger charge is -1.85. The van der Waals surface area contributed by atoms with Gasteiger partial charge in [-0.3, -0.25) is 5.03 Å². The fourth-order valence-electron chi connectivity index (χ4n) is 0.610. The zero-order chi connectivity index (χ0) is 6.53. The van der Waals surface area contributed by atoms with Gasteiger partial charge in [0.1, 0.15) is 0 Å². The molecule has 0 atom stereocenters. The lowest BCUT2D eigenvalue weighted by Crippen LogP contribution is -1.59. The van der Waals surface area contributed by atoms with Crippen molar-refractivity contribution in [3.8, 4) is 0 Å². The Morgan fingerprint density at radius 1 is 1.11 bits per heavy atom. The van der Waals surface area contributed by atoms with Gasteiger partial charge in [0.15, 0.2) is 0 Å². The van der Waals surface area contributed by atoms with Crippen LogP contribution in [0.5, 0.6) is 0 Å². The minimum absolute atomic E-state index is 0.903. The van der Waals surface area contributed by atoms with Crippen molar-refractivity contribution in [2.45, 2.75) is 0 Å². The molecule has 0 N–H and O–H groups in total. The first-order valence-corrected chi connectivity index (χ1v) is 2.78. The lowest BCUT2D eigenvalue weighted by molar-refractivity contribution is 1.33. The van der Waals surface area contributed by atoms with Gasteiger partial charge in [-0.15, -0.1) is 0 Å². The first-order valence-electron chi connectivity index (χ1n) is 2.78. The van der Waals surface area contributed by atoms with Gasteiger partial charge in [-0.05, 0) is 12.1 Å². The molecule has 0 fully saturated rings. The van der Waals surface area contributed by atoms with Gasteiger partial charge >= 0.3 is 0 Å². The SMILES string of the molecule is BN=Nc1ccccc1. The van der Waals surface area contributed by atoms with Crippen molar-refractivity contribution in [2.24, 2.45) is 10.1 Å². The van der Waals surface area contributed by atoms with Crippen LogP contribution in [0.4, 0.5) is 5.69 Å². The van der Waals surface area contributed by atoms with Gasteiger partial charge in [0, 0.05) is 0 Å². The highest BCUT2D eigenvalue weighted by molar-refractivity contribution is 6.04. The molecule has 0 amide bonds. The first-order chi connectivity index (χ1) is 4.43. The van der Waals surface area contributed by atoms with Crippen molar-refractivity contribution in [1.29, 1.82) is 0 Å². The van der Waals surface area contributed by atoms with E-state index in [1.807, 2.05) is 30.3 Å². The topological polar surface area (TPSA) is 24.7 Å². The Labute approximate surface area is 55.1 Å². The van der Waals surface area contributed by atoms with Gasteiger partial charge in [-0.25, -0.2) is 0 Å². The third-order valence-electron chi connectivity index (χ3n) is 0.972. The smallest absolute Gasteiger partial charge is 0.263 e. The van der Waals surface area contributed by atoms with E-state index in [0.717, 1.165) is 5.69 Å². The summed E-state index contributed by atoms with van der Waals surface area (Å²) in [5.74, 6) is 0. The standard InChI is InChI=1S/C6H7BN2/c7-9-8-6-4-2-1-3-5-6/h1-5H,7H2. The van der Waals surface area contributed by atoms with Gasteiger partial charge in [0.25, 0.3) is 7.98 Å². The molecule has 3 heteroatoms. The van der Waals surface area contributed by atoms with Crippen molar-refractivity contribution < 1.29 is 0 Å². The molecule has 44 valence electrons. The summed E-state index contributed by atoms with van der Waals surface area (Å²) in [6.07, 6.45) is 0. The molecule has 9 heavy (non-hydrogen) atoms. The Morgan fingerprint density at radius 2 is 1.78 bits per heavy atom. The summed E-state index contributed by atoms with van der Waals surface area (Å²) in [7, 11) is 1.66. The number of hydrogen-bond acceptors (Lipinski definition) is 2. The van der Waals surface area contributed by atoms with Crippen molar-refractivity contribution >= 4 is 13.7 Å². The minimum atomic E-state index is 0.903. The fraction of sp³-hybridized carbons (Fsp3) is 0. The molecule has 0 aliphatic carbocycles. The van der Waals surface area contributed by atoms with Crippen LogP contribution in [-0.4, -0.2) is 7.98 Å². The fourth-order valence-corrected chi connectivity index (χ4v) is 0.610. The molecule has 0 heterocycles. The van der Waals surface area contributed by atoms with Crippen LogP contribution in [0.2, 0.25) is 0 Å².